The van der Waals surface area contributed by atoms with Gasteiger partial charge in [0.25, 0.3) is 0 Å². The average molecular weight is 402 g/mol. The SMILES string of the molecule is O=C(O)c1ccc(OC(=O)C2CCc3cc(OCc4ccccc4)ccc3C2)cc1. The number of benzene rings is 3. The van der Waals surface area contributed by atoms with Gasteiger partial charge in [-0.1, -0.05) is 36.4 Å². The molecule has 0 bridgehead atoms. The Morgan fingerprint density at radius 2 is 1.63 bits per heavy atom. The molecule has 5 heteroatoms. The first-order valence-corrected chi connectivity index (χ1v) is 9.92. The zero-order valence-corrected chi connectivity index (χ0v) is 16.4. The zero-order valence-electron chi connectivity index (χ0n) is 16.4. The number of aromatic carboxylic acids is 1. The third-order valence-electron chi connectivity index (χ3n) is 5.31. The fraction of sp³-hybridized carbons (Fsp3) is 0.200. The first-order chi connectivity index (χ1) is 14.6. The van der Waals surface area contributed by atoms with Crippen LogP contribution in [0.15, 0.2) is 72.8 Å². The predicted molar refractivity (Wildman–Crippen MR) is 112 cm³/mol. The summed E-state index contributed by atoms with van der Waals surface area (Å²) in [5.74, 6) is -0.317. The molecule has 0 aromatic heterocycles. The minimum Gasteiger partial charge on any atom is -0.489 e. The standard InChI is InChI=1S/C25H22O5/c26-24(27)18-8-11-22(12-9-18)30-25(28)21-7-6-20-15-23(13-10-19(20)14-21)29-16-17-4-2-1-3-5-17/h1-5,8-13,15,21H,6-7,14,16H2,(H,26,27). The quantitative estimate of drug-likeness (QED) is 0.479. The Morgan fingerprint density at radius 3 is 2.37 bits per heavy atom. The van der Waals surface area contributed by atoms with E-state index in [1.807, 2.05) is 42.5 Å². The van der Waals surface area contributed by atoms with Crippen LogP contribution >= 0.6 is 0 Å². The number of ether oxygens (including phenoxy) is 2. The molecule has 0 aliphatic heterocycles. The highest BCUT2D eigenvalue weighted by molar-refractivity contribution is 5.87. The molecule has 0 amide bonds. The molecule has 0 radical (unpaired) electrons. The van der Waals surface area contributed by atoms with Crippen molar-refractivity contribution in [2.45, 2.75) is 25.9 Å². The Kier molecular flexibility index (Phi) is 5.80. The van der Waals surface area contributed by atoms with Gasteiger partial charge < -0.3 is 14.6 Å². The molecule has 1 aliphatic carbocycles. The van der Waals surface area contributed by atoms with Crippen LogP contribution in [0.5, 0.6) is 11.5 Å². The highest BCUT2D eigenvalue weighted by atomic mass is 16.5. The molecule has 3 aromatic rings. The molecule has 1 aliphatic rings. The predicted octanol–water partition coefficient (Wildman–Crippen LogP) is 4.67. The lowest BCUT2D eigenvalue weighted by Gasteiger charge is -2.23. The number of rotatable bonds is 6. The smallest absolute Gasteiger partial charge is 0.335 e. The number of carboxylic acid groups (broad SMARTS) is 1. The van der Waals surface area contributed by atoms with Crippen LogP contribution in [0.2, 0.25) is 0 Å². The van der Waals surface area contributed by atoms with E-state index in [2.05, 4.69) is 6.07 Å². The number of carbonyl (C=O) groups is 2. The average Bonchev–Trinajstić information content (AvgIpc) is 2.78. The Hall–Kier alpha value is -3.60. The first kappa shape index (κ1) is 19.7. The summed E-state index contributed by atoms with van der Waals surface area (Å²) in [7, 11) is 0. The summed E-state index contributed by atoms with van der Waals surface area (Å²) in [6, 6.07) is 21.9. The van der Waals surface area contributed by atoms with E-state index in [4.69, 9.17) is 14.6 Å². The molecule has 4 rings (SSSR count). The largest absolute Gasteiger partial charge is 0.489 e. The Labute approximate surface area is 174 Å². The second-order valence-corrected chi connectivity index (χ2v) is 7.40. The lowest BCUT2D eigenvalue weighted by molar-refractivity contribution is -0.139. The summed E-state index contributed by atoms with van der Waals surface area (Å²) >= 11 is 0. The number of hydrogen-bond acceptors (Lipinski definition) is 4. The van der Waals surface area contributed by atoms with Gasteiger partial charge >= 0.3 is 11.9 Å². The van der Waals surface area contributed by atoms with Crippen LogP contribution in [0.25, 0.3) is 0 Å². The van der Waals surface area contributed by atoms with Crippen LogP contribution in [0.3, 0.4) is 0 Å². The van der Waals surface area contributed by atoms with Crippen LogP contribution < -0.4 is 9.47 Å². The lowest BCUT2D eigenvalue weighted by Crippen LogP contribution is -2.26. The maximum Gasteiger partial charge on any atom is 0.335 e. The van der Waals surface area contributed by atoms with E-state index in [-0.39, 0.29) is 17.5 Å². The Bertz CT molecular complexity index is 1040. The van der Waals surface area contributed by atoms with Gasteiger partial charge in [-0.05, 0) is 72.4 Å². The lowest BCUT2D eigenvalue weighted by atomic mass is 9.84. The van der Waals surface area contributed by atoms with Gasteiger partial charge in [0.1, 0.15) is 18.1 Å². The number of carbonyl (C=O) groups excluding carboxylic acids is 1. The van der Waals surface area contributed by atoms with Gasteiger partial charge in [-0.15, -0.1) is 0 Å². The number of carboxylic acids is 1. The van der Waals surface area contributed by atoms with Crippen molar-refractivity contribution >= 4 is 11.9 Å². The number of fused-ring (bicyclic) bond motifs is 1. The van der Waals surface area contributed by atoms with E-state index in [0.717, 1.165) is 23.3 Å². The molecule has 1 N–H and O–H groups in total. The van der Waals surface area contributed by atoms with Crippen LogP contribution in [0.4, 0.5) is 0 Å². The topological polar surface area (TPSA) is 72.8 Å². The molecular weight excluding hydrogens is 380 g/mol. The summed E-state index contributed by atoms with van der Waals surface area (Å²) in [4.78, 5) is 23.5. The summed E-state index contributed by atoms with van der Waals surface area (Å²) in [5.41, 5.74) is 3.62. The fourth-order valence-corrected chi connectivity index (χ4v) is 3.63. The van der Waals surface area contributed by atoms with Crippen molar-refractivity contribution in [3.63, 3.8) is 0 Å². The normalized spacial score (nSPS) is 15.1. The monoisotopic (exact) mass is 402 g/mol. The summed E-state index contributed by atoms with van der Waals surface area (Å²) < 4.78 is 11.4. The Morgan fingerprint density at radius 1 is 0.900 bits per heavy atom. The van der Waals surface area contributed by atoms with Gasteiger partial charge in [-0.3, -0.25) is 4.79 Å². The van der Waals surface area contributed by atoms with Gasteiger partial charge in [-0.2, -0.15) is 0 Å². The van der Waals surface area contributed by atoms with Crippen molar-refractivity contribution < 1.29 is 24.2 Å². The third-order valence-corrected chi connectivity index (χ3v) is 5.31. The molecule has 152 valence electrons. The number of aryl methyl sites for hydroxylation is 1. The first-order valence-electron chi connectivity index (χ1n) is 9.92. The van der Waals surface area contributed by atoms with Gasteiger partial charge in [0.2, 0.25) is 0 Å². The van der Waals surface area contributed by atoms with Crippen LogP contribution in [0, 0.1) is 5.92 Å². The number of esters is 1. The van der Waals surface area contributed by atoms with E-state index >= 15 is 0 Å². The van der Waals surface area contributed by atoms with Crippen molar-refractivity contribution in [3.8, 4) is 11.5 Å². The second kappa shape index (κ2) is 8.82. The summed E-state index contributed by atoms with van der Waals surface area (Å²) in [6.07, 6.45) is 2.12. The number of hydrogen-bond donors (Lipinski definition) is 1. The van der Waals surface area contributed by atoms with Crippen LogP contribution in [0.1, 0.15) is 33.5 Å². The summed E-state index contributed by atoms with van der Waals surface area (Å²) in [6.45, 7) is 0.523. The molecule has 0 heterocycles. The van der Waals surface area contributed by atoms with E-state index in [1.54, 1.807) is 0 Å². The highest BCUT2D eigenvalue weighted by Gasteiger charge is 2.26. The van der Waals surface area contributed by atoms with E-state index in [9.17, 15) is 9.59 Å². The van der Waals surface area contributed by atoms with E-state index < -0.39 is 5.97 Å². The zero-order chi connectivity index (χ0) is 20.9. The molecule has 0 saturated heterocycles. The van der Waals surface area contributed by atoms with Gasteiger partial charge in [-0.25, -0.2) is 4.79 Å². The molecular formula is C25H22O5. The second-order valence-electron chi connectivity index (χ2n) is 7.40. The van der Waals surface area contributed by atoms with Crippen molar-refractivity contribution in [2.24, 2.45) is 5.92 Å². The van der Waals surface area contributed by atoms with Crippen LogP contribution in [-0.2, 0) is 24.2 Å². The van der Waals surface area contributed by atoms with E-state index in [0.29, 0.717) is 25.2 Å². The maximum absolute atomic E-state index is 12.6. The molecule has 0 saturated carbocycles. The van der Waals surface area contributed by atoms with Crippen LogP contribution in [-0.4, -0.2) is 17.0 Å². The van der Waals surface area contributed by atoms with Crippen molar-refractivity contribution in [2.75, 3.05) is 0 Å². The van der Waals surface area contributed by atoms with Gasteiger partial charge in [0, 0.05) is 0 Å². The minimum absolute atomic E-state index is 0.159. The highest BCUT2D eigenvalue weighted by Crippen LogP contribution is 2.30. The fourth-order valence-electron chi connectivity index (χ4n) is 3.63. The molecule has 3 aromatic carbocycles. The molecule has 1 unspecified atom stereocenters. The maximum atomic E-state index is 12.6. The van der Waals surface area contributed by atoms with Crippen molar-refractivity contribution in [1.82, 2.24) is 0 Å². The molecule has 0 fully saturated rings. The minimum atomic E-state index is -1.01. The molecule has 30 heavy (non-hydrogen) atoms. The molecule has 5 nitrogen and oxygen atoms in total. The summed E-state index contributed by atoms with van der Waals surface area (Å²) in [5, 5.41) is 8.95. The van der Waals surface area contributed by atoms with Crippen molar-refractivity contribution in [3.05, 3.63) is 95.1 Å². The third kappa shape index (κ3) is 4.69. The Balaban J connectivity index is 1.36. The van der Waals surface area contributed by atoms with Crippen molar-refractivity contribution in [1.29, 1.82) is 0 Å². The van der Waals surface area contributed by atoms with Gasteiger partial charge in [0.15, 0.2) is 0 Å². The molecule has 1 atom stereocenters. The molecule has 0 spiro atoms. The van der Waals surface area contributed by atoms with Gasteiger partial charge in [0.05, 0.1) is 11.5 Å². The van der Waals surface area contributed by atoms with E-state index in [1.165, 1.54) is 29.8 Å².